The molecule has 1 aromatic heterocycles. The van der Waals surface area contributed by atoms with Crippen molar-refractivity contribution in [2.24, 2.45) is 0 Å². The minimum Gasteiger partial charge on any atom is -0.266 e. The lowest BCUT2D eigenvalue weighted by molar-refractivity contribution is 0.989. The highest BCUT2D eigenvalue weighted by atomic mass is 79.9. The maximum Gasteiger partial charge on any atom is 0.216 e. The summed E-state index contributed by atoms with van der Waals surface area (Å²) in [5.74, 6) is 0.861. The van der Waals surface area contributed by atoms with Crippen molar-refractivity contribution in [2.45, 2.75) is 6.92 Å². The van der Waals surface area contributed by atoms with Crippen molar-refractivity contribution in [1.29, 1.82) is 0 Å². The van der Waals surface area contributed by atoms with Crippen LogP contribution in [-0.2, 0) is 0 Å². The Morgan fingerprint density at radius 1 is 1.04 bits per heavy atom. The fourth-order valence-electron chi connectivity index (χ4n) is 2.98. The van der Waals surface area contributed by atoms with Gasteiger partial charge in [0.25, 0.3) is 0 Å². The second-order valence-corrected chi connectivity index (χ2v) is 7.50. The molecule has 0 unspecified atom stereocenters. The molecule has 0 spiro atoms. The fourth-order valence-corrected chi connectivity index (χ4v) is 4.08. The summed E-state index contributed by atoms with van der Waals surface area (Å²) < 4.78 is 3.17. The fraction of sp³-hybridized carbons (Fsp3) is 0.0556. The number of benzene rings is 2. The first-order valence-electron chi connectivity index (χ1n) is 7.49. The van der Waals surface area contributed by atoms with E-state index in [1.165, 1.54) is 5.56 Å². The summed E-state index contributed by atoms with van der Waals surface area (Å²) in [7, 11) is 0. The lowest BCUT2D eigenvalue weighted by Gasteiger charge is -2.06. The molecular formula is C18H11BrN4S. The van der Waals surface area contributed by atoms with Gasteiger partial charge in [0.15, 0.2) is 5.82 Å². The van der Waals surface area contributed by atoms with E-state index >= 15 is 0 Å². The summed E-state index contributed by atoms with van der Waals surface area (Å²) in [4.78, 5) is 5.69. The predicted octanol–water partition coefficient (Wildman–Crippen LogP) is 5.18. The Labute approximate surface area is 150 Å². The van der Waals surface area contributed by atoms with Crippen molar-refractivity contribution in [3.8, 4) is 22.8 Å². The van der Waals surface area contributed by atoms with E-state index in [2.05, 4.69) is 73.2 Å². The van der Waals surface area contributed by atoms with Crippen LogP contribution >= 0.6 is 27.3 Å². The standard InChI is InChI=1S/C18H11BrN4S/c1-10-2-7-13-14(8-10)20-17-16(13)21-22-18-23(17)15(9-24-18)11-3-5-12(19)6-4-11/h2-9H,1H3. The number of rotatable bonds is 1. The first-order valence-corrected chi connectivity index (χ1v) is 9.16. The van der Waals surface area contributed by atoms with Crippen LogP contribution in [0.2, 0.25) is 0 Å². The van der Waals surface area contributed by atoms with Crippen LogP contribution in [0, 0.1) is 6.92 Å². The Morgan fingerprint density at radius 3 is 2.71 bits per heavy atom. The smallest absolute Gasteiger partial charge is 0.216 e. The van der Waals surface area contributed by atoms with E-state index in [0.717, 1.165) is 43.1 Å². The summed E-state index contributed by atoms with van der Waals surface area (Å²) in [5, 5.41) is 12.0. The number of halogens is 1. The van der Waals surface area contributed by atoms with E-state index in [1.807, 2.05) is 12.1 Å². The molecule has 2 aliphatic heterocycles. The highest BCUT2D eigenvalue weighted by molar-refractivity contribution is 9.10. The van der Waals surface area contributed by atoms with Gasteiger partial charge in [-0.1, -0.05) is 40.2 Å². The molecule has 0 fully saturated rings. The summed E-state index contributed by atoms with van der Waals surface area (Å²) in [5.41, 5.74) is 5.22. The lowest BCUT2D eigenvalue weighted by atomic mass is 10.1. The van der Waals surface area contributed by atoms with E-state index in [1.54, 1.807) is 11.3 Å². The molecule has 6 heteroatoms. The molecule has 5 rings (SSSR count). The molecule has 116 valence electrons. The van der Waals surface area contributed by atoms with Gasteiger partial charge in [0.1, 0.15) is 5.69 Å². The van der Waals surface area contributed by atoms with Crippen LogP contribution in [0.3, 0.4) is 0 Å². The molecule has 0 amide bonds. The summed E-state index contributed by atoms with van der Waals surface area (Å²) >= 11 is 5.07. The van der Waals surface area contributed by atoms with Crippen molar-refractivity contribution < 1.29 is 0 Å². The zero-order valence-corrected chi connectivity index (χ0v) is 15.1. The first-order chi connectivity index (χ1) is 11.7. The maximum atomic E-state index is 4.84. The monoisotopic (exact) mass is 394 g/mol. The van der Waals surface area contributed by atoms with Gasteiger partial charge in [-0.3, -0.25) is 4.40 Å². The Bertz CT molecular complexity index is 1170. The van der Waals surface area contributed by atoms with Crippen LogP contribution in [0.4, 0.5) is 0 Å². The third kappa shape index (κ3) is 2.00. The van der Waals surface area contributed by atoms with Crippen molar-refractivity contribution in [1.82, 2.24) is 19.6 Å². The Balaban J connectivity index is 1.87. The minimum atomic E-state index is 0.847. The molecule has 0 saturated heterocycles. The molecule has 4 nitrogen and oxygen atoms in total. The van der Waals surface area contributed by atoms with Gasteiger partial charge in [0.05, 0.1) is 11.2 Å². The van der Waals surface area contributed by atoms with Gasteiger partial charge in [0, 0.05) is 15.2 Å². The second-order valence-electron chi connectivity index (χ2n) is 5.75. The summed E-state index contributed by atoms with van der Waals surface area (Å²) in [6.07, 6.45) is 0. The van der Waals surface area contributed by atoms with Crippen molar-refractivity contribution >= 4 is 43.1 Å². The zero-order chi connectivity index (χ0) is 16.3. The number of nitrogens with zero attached hydrogens (tertiary/aromatic N) is 4. The van der Waals surface area contributed by atoms with Gasteiger partial charge in [0.2, 0.25) is 4.96 Å². The van der Waals surface area contributed by atoms with Crippen LogP contribution in [0.25, 0.3) is 38.6 Å². The SMILES string of the molecule is Cc1ccc2c3nnc4scc(-c5ccc(Br)cc5)n4c-3nc2c1. The average molecular weight is 395 g/mol. The van der Waals surface area contributed by atoms with Crippen LogP contribution < -0.4 is 0 Å². The topological polar surface area (TPSA) is 43.1 Å². The normalized spacial score (nSPS) is 11.8. The molecule has 0 bridgehead atoms. The number of thiazole rings is 1. The van der Waals surface area contributed by atoms with Crippen molar-refractivity contribution in [3.63, 3.8) is 0 Å². The van der Waals surface area contributed by atoms with Crippen molar-refractivity contribution in [2.75, 3.05) is 0 Å². The Kier molecular flexibility index (Phi) is 2.98. The van der Waals surface area contributed by atoms with Crippen molar-refractivity contribution in [3.05, 3.63) is 57.9 Å². The first kappa shape index (κ1) is 14.1. The van der Waals surface area contributed by atoms with Crippen LogP contribution in [-0.4, -0.2) is 19.6 Å². The van der Waals surface area contributed by atoms with E-state index in [4.69, 9.17) is 4.98 Å². The van der Waals surface area contributed by atoms with E-state index in [-0.39, 0.29) is 0 Å². The molecular weight excluding hydrogens is 384 g/mol. The van der Waals surface area contributed by atoms with Gasteiger partial charge < -0.3 is 0 Å². The largest absolute Gasteiger partial charge is 0.266 e. The second kappa shape index (κ2) is 5.09. The van der Waals surface area contributed by atoms with Crippen LogP contribution in [0.15, 0.2) is 52.3 Å². The minimum absolute atomic E-state index is 0.847. The van der Waals surface area contributed by atoms with E-state index in [0.29, 0.717) is 0 Å². The number of aryl methyl sites for hydroxylation is 1. The molecule has 3 heterocycles. The Morgan fingerprint density at radius 2 is 1.88 bits per heavy atom. The van der Waals surface area contributed by atoms with E-state index < -0.39 is 0 Å². The highest BCUT2D eigenvalue weighted by Crippen LogP contribution is 2.34. The molecule has 0 radical (unpaired) electrons. The van der Waals surface area contributed by atoms with Gasteiger partial charge in [-0.2, -0.15) is 0 Å². The molecule has 0 atom stereocenters. The van der Waals surface area contributed by atoms with E-state index in [9.17, 15) is 0 Å². The molecule has 0 aliphatic carbocycles. The number of fused-ring (bicyclic) bond motifs is 5. The van der Waals surface area contributed by atoms with Crippen LogP contribution in [0.5, 0.6) is 0 Å². The van der Waals surface area contributed by atoms with Gasteiger partial charge in [-0.05, 0) is 36.2 Å². The molecule has 2 aliphatic rings. The average Bonchev–Trinajstić information content (AvgIpc) is 3.15. The molecule has 24 heavy (non-hydrogen) atoms. The Hall–Kier alpha value is -2.31. The highest BCUT2D eigenvalue weighted by Gasteiger charge is 2.20. The predicted molar refractivity (Wildman–Crippen MR) is 101 cm³/mol. The molecule has 3 aromatic rings. The zero-order valence-electron chi connectivity index (χ0n) is 12.7. The number of aromatic nitrogens is 4. The molecule has 2 aromatic carbocycles. The summed E-state index contributed by atoms with van der Waals surface area (Å²) in [6.45, 7) is 2.07. The van der Waals surface area contributed by atoms with Gasteiger partial charge in [-0.15, -0.1) is 21.5 Å². The third-order valence-electron chi connectivity index (χ3n) is 4.14. The summed E-state index contributed by atoms with van der Waals surface area (Å²) in [6, 6.07) is 14.5. The molecule has 0 N–H and O–H groups in total. The third-order valence-corrected chi connectivity index (χ3v) is 5.49. The number of hydrogen-bond donors (Lipinski definition) is 0. The quantitative estimate of drug-likeness (QED) is 0.393. The number of hydrogen-bond acceptors (Lipinski definition) is 4. The molecule has 0 saturated carbocycles. The lowest BCUT2D eigenvalue weighted by Crippen LogP contribution is -1.99. The maximum absolute atomic E-state index is 4.84. The van der Waals surface area contributed by atoms with Gasteiger partial charge in [-0.25, -0.2) is 4.98 Å². The van der Waals surface area contributed by atoms with Gasteiger partial charge >= 0.3 is 0 Å². The van der Waals surface area contributed by atoms with Crippen LogP contribution in [0.1, 0.15) is 5.56 Å².